The molecule has 0 N–H and O–H groups in total. The van der Waals surface area contributed by atoms with E-state index in [0.717, 1.165) is 62.6 Å². The van der Waals surface area contributed by atoms with Gasteiger partial charge >= 0.3 is 0 Å². The van der Waals surface area contributed by atoms with Crippen molar-refractivity contribution in [3.63, 3.8) is 0 Å². The normalized spacial score (nSPS) is 12.6. The van der Waals surface area contributed by atoms with Crippen LogP contribution in [-0.4, -0.2) is 21.1 Å². The summed E-state index contributed by atoms with van der Waals surface area (Å²) < 4.78 is 2.20. The number of imidazole rings is 1. The van der Waals surface area contributed by atoms with Gasteiger partial charge in [-0.15, -0.1) is 0 Å². The summed E-state index contributed by atoms with van der Waals surface area (Å²) in [6, 6.07) is 40.0. The van der Waals surface area contributed by atoms with Gasteiger partial charge in [0.25, 0.3) is 0 Å². The molecule has 0 fully saturated rings. The van der Waals surface area contributed by atoms with Crippen LogP contribution in [0.3, 0.4) is 0 Å². The number of hydrogen-bond donors (Lipinski definition) is 0. The summed E-state index contributed by atoms with van der Waals surface area (Å²) in [5.41, 5.74) is 11.7. The highest BCUT2D eigenvalue weighted by molar-refractivity contribution is 5.99. The second-order valence-electron chi connectivity index (χ2n) is 9.83. The van der Waals surface area contributed by atoms with Gasteiger partial charge in [0.1, 0.15) is 11.5 Å². The van der Waals surface area contributed by atoms with Crippen LogP contribution < -0.4 is 4.90 Å². The minimum absolute atomic E-state index is 0.744. The molecule has 7 aromatic rings. The highest BCUT2D eigenvalue weighted by Gasteiger charge is 2.25. The van der Waals surface area contributed by atoms with Crippen molar-refractivity contribution < 1.29 is 0 Å². The summed E-state index contributed by atoms with van der Waals surface area (Å²) in [6.45, 7) is 4.55. The molecule has 0 saturated heterocycles. The van der Waals surface area contributed by atoms with Crippen molar-refractivity contribution in [2.75, 3.05) is 4.90 Å². The highest BCUT2D eigenvalue weighted by atomic mass is 15.2. The molecule has 8 rings (SSSR count). The Bertz CT molecular complexity index is 2090. The van der Waals surface area contributed by atoms with E-state index in [1.54, 1.807) is 0 Å². The molecule has 0 radical (unpaired) electrons. The van der Waals surface area contributed by atoms with Crippen molar-refractivity contribution in [2.45, 2.75) is 6.54 Å². The Morgan fingerprint density at radius 1 is 0.667 bits per heavy atom. The lowest BCUT2D eigenvalue weighted by molar-refractivity contribution is 0.960. The molecule has 39 heavy (non-hydrogen) atoms. The van der Waals surface area contributed by atoms with Crippen LogP contribution >= 0.6 is 0 Å². The molecule has 0 bridgehead atoms. The van der Waals surface area contributed by atoms with Gasteiger partial charge in [-0.2, -0.15) is 0 Å². The summed E-state index contributed by atoms with van der Waals surface area (Å²) in [5.74, 6) is 0.890. The molecule has 184 valence electrons. The Morgan fingerprint density at radius 3 is 2.31 bits per heavy atom. The molecule has 5 heteroatoms. The van der Waals surface area contributed by atoms with Gasteiger partial charge in [0.15, 0.2) is 0 Å². The lowest BCUT2D eigenvalue weighted by Gasteiger charge is -2.33. The molecule has 0 aliphatic carbocycles. The van der Waals surface area contributed by atoms with Gasteiger partial charge in [-0.25, -0.2) is 9.97 Å². The number of rotatable bonds is 3. The molecule has 1 aliphatic heterocycles. The maximum atomic E-state index is 5.18. The van der Waals surface area contributed by atoms with Crippen LogP contribution in [0.5, 0.6) is 0 Å². The number of aromatic nitrogens is 3. The van der Waals surface area contributed by atoms with Crippen molar-refractivity contribution >= 4 is 51.4 Å². The Labute approximate surface area is 225 Å². The first kappa shape index (κ1) is 21.8. The van der Waals surface area contributed by atoms with Gasteiger partial charge in [-0.05, 0) is 66.4 Å². The smallest absolute Gasteiger partial charge is 0.149 e. The van der Waals surface area contributed by atoms with Crippen LogP contribution in [-0.2, 0) is 6.54 Å². The van der Waals surface area contributed by atoms with Crippen molar-refractivity contribution in [2.24, 2.45) is 4.99 Å². The molecule has 3 heterocycles. The first-order chi connectivity index (χ1) is 19.3. The van der Waals surface area contributed by atoms with E-state index >= 15 is 0 Å². The Morgan fingerprint density at radius 2 is 1.41 bits per heavy atom. The number of anilines is 2. The van der Waals surface area contributed by atoms with E-state index in [4.69, 9.17) is 9.97 Å². The van der Waals surface area contributed by atoms with Crippen molar-refractivity contribution in [1.29, 1.82) is 0 Å². The van der Waals surface area contributed by atoms with Crippen LogP contribution in [0.2, 0.25) is 0 Å². The van der Waals surface area contributed by atoms with E-state index in [2.05, 4.69) is 106 Å². The molecule has 0 unspecified atom stereocenters. The zero-order chi connectivity index (χ0) is 25.9. The number of para-hydroxylation sites is 6. The van der Waals surface area contributed by atoms with Gasteiger partial charge in [0.05, 0.1) is 27.9 Å². The fourth-order valence-electron chi connectivity index (χ4n) is 5.88. The van der Waals surface area contributed by atoms with E-state index in [1.165, 1.54) is 16.7 Å². The fourth-order valence-corrected chi connectivity index (χ4v) is 5.88. The lowest BCUT2D eigenvalue weighted by atomic mass is 9.91. The molecule has 5 nitrogen and oxygen atoms in total. The Hall–Kier alpha value is -5.29. The third kappa shape index (κ3) is 3.23. The maximum Gasteiger partial charge on any atom is 0.149 e. The van der Waals surface area contributed by atoms with Crippen molar-refractivity contribution in [3.8, 4) is 22.5 Å². The largest absolute Gasteiger partial charge is 0.335 e. The van der Waals surface area contributed by atoms with Crippen LogP contribution in [0.15, 0.2) is 120 Å². The molecular weight excluding hydrogens is 478 g/mol. The second-order valence-corrected chi connectivity index (χ2v) is 9.83. The summed E-state index contributed by atoms with van der Waals surface area (Å²) in [7, 11) is 0. The average Bonchev–Trinajstić information content (AvgIpc) is 3.40. The van der Waals surface area contributed by atoms with Gasteiger partial charge in [-0.1, -0.05) is 66.7 Å². The average molecular weight is 502 g/mol. The molecular formula is C34H23N5. The molecule has 0 spiro atoms. The van der Waals surface area contributed by atoms with Crippen LogP contribution in [0.4, 0.5) is 17.1 Å². The minimum atomic E-state index is 0.744. The molecule has 2 aromatic heterocycles. The van der Waals surface area contributed by atoms with E-state index < -0.39 is 0 Å². The fraction of sp³-hybridized carbons (Fsp3) is 0.0294. The van der Waals surface area contributed by atoms with Crippen molar-refractivity contribution in [3.05, 3.63) is 121 Å². The van der Waals surface area contributed by atoms with Gasteiger partial charge in [0, 0.05) is 28.7 Å². The summed E-state index contributed by atoms with van der Waals surface area (Å²) in [5, 5.41) is 1.05. The van der Waals surface area contributed by atoms with E-state index in [-0.39, 0.29) is 0 Å². The van der Waals surface area contributed by atoms with Gasteiger partial charge in [0.2, 0.25) is 0 Å². The predicted molar refractivity (Wildman–Crippen MR) is 160 cm³/mol. The van der Waals surface area contributed by atoms with E-state index in [9.17, 15) is 0 Å². The van der Waals surface area contributed by atoms with E-state index in [0.29, 0.717) is 0 Å². The Kier molecular flexibility index (Phi) is 4.67. The Balaban J connectivity index is 1.37. The maximum absolute atomic E-state index is 5.18. The van der Waals surface area contributed by atoms with Gasteiger partial charge < -0.3 is 4.90 Å². The highest BCUT2D eigenvalue weighted by Crippen LogP contribution is 2.46. The topological polar surface area (TPSA) is 45.8 Å². The summed E-state index contributed by atoms with van der Waals surface area (Å²) >= 11 is 0. The number of aliphatic imine (C=N–C) groups is 1. The molecule has 0 amide bonds. The number of nitrogens with zero attached hydrogens (tertiary/aromatic N) is 5. The van der Waals surface area contributed by atoms with Crippen LogP contribution in [0, 0.1) is 0 Å². The third-order valence-electron chi connectivity index (χ3n) is 7.67. The summed E-state index contributed by atoms with van der Waals surface area (Å²) in [6.07, 6.45) is 0. The molecule has 5 aromatic carbocycles. The monoisotopic (exact) mass is 501 g/mol. The second kappa shape index (κ2) is 8.36. The van der Waals surface area contributed by atoms with E-state index in [1.807, 2.05) is 30.3 Å². The zero-order valence-corrected chi connectivity index (χ0v) is 21.1. The van der Waals surface area contributed by atoms with Gasteiger partial charge in [-0.3, -0.25) is 9.39 Å². The SMILES string of the molecule is C=Nc1ccccc1N1Cc2ccc(-c3nc4ccccc4c4nc5ccccc5n34)cc2-c2ccccc21. The van der Waals surface area contributed by atoms with Crippen LogP contribution in [0.25, 0.3) is 50.1 Å². The summed E-state index contributed by atoms with van der Waals surface area (Å²) in [4.78, 5) is 16.8. The number of hydrogen-bond acceptors (Lipinski definition) is 4. The quantitative estimate of drug-likeness (QED) is 0.229. The third-order valence-corrected chi connectivity index (χ3v) is 7.67. The standard InChI is InChI=1S/C34H23N5/c1-35-28-13-5-8-16-31(28)38-21-23-19-18-22(20-26(23)24-10-3-7-15-30(24)38)33-36-27-12-4-2-11-25(27)34-37-29-14-6-9-17-32(29)39(33)34/h2-20H,1,21H2. The minimum Gasteiger partial charge on any atom is -0.335 e. The zero-order valence-electron chi connectivity index (χ0n) is 21.1. The first-order valence-corrected chi connectivity index (χ1v) is 13.0. The number of benzene rings is 5. The molecule has 1 aliphatic rings. The lowest BCUT2D eigenvalue weighted by Crippen LogP contribution is -2.21. The van der Waals surface area contributed by atoms with Crippen LogP contribution in [0.1, 0.15) is 5.56 Å². The first-order valence-electron chi connectivity index (χ1n) is 13.0. The van der Waals surface area contributed by atoms with Crippen molar-refractivity contribution in [1.82, 2.24) is 14.4 Å². The predicted octanol–water partition coefficient (Wildman–Crippen LogP) is 8.35. The number of fused-ring (bicyclic) bond motifs is 8. The molecule has 0 atom stereocenters. The molecule has 0 saturated carbocycles.